The summed E-state index contributed by atoms with van der Waals surface area (Å²) < 4.78 is 12.6. The van der Waals surface area contributed by atoms with E-state index >= 15 is 0 Å². The summed E-state index contributed by atoms with van der Waals surface area (Å²) >= 11 is 4.52. The number of halogens is 1. The number of hydrogen-bond donors (Lipinski definition) is 1. The van der Waals surface area contributed by atoms with E-state index in [2.05, 4.69) is 22.6 Å². The fraction of sp³-hybridized carbons (Fsp3) is 0.600. The van der Waals surface area contributed by atoms with Crippen LogP contribution >= 0.6 is 12.6 Å². The quantitative estimate of drug-likeness (QED) is 0.724. The minimum Gasteiger partial charge on any atom is -0.238 e. The summed E-state index contributed by atoms with van der Waals surface area (Å²) in [5, 5.41) is 0.328. The summed E-state index contributed by atoms with van der Waals surface area (Å²) in [5.41, 5.74) is 0. The van der Waals surface area contributed by atoms with Crippen molar-refractivity contribution < 1.29 is 4.39 Å². The Bertz CT molecular complexity index is 301. The first-order valence-corrected chi connectivity index (χ1v) is 5.44. The SMILES string of the molecule is Fc1cnc([C@@H]2CCCC[C@H]2S)nc1. The molecular formula is C10H13FN2S. The average molecular weight is 212 g/mol. The van der Waals surface area contributed by atoms with Crippen LogP contribution in [0.15, 0.2) is 12.4 Å². The molecule has 76 valence electrons. The van der Waals surface area contributed by atoms with Crippen molar-refractivity contribution in [1.82, 2.24) is 9.97 Å². The highest BCUT2D eigenvalue weighted by atomic mass is 32.1. The van der Waals surface area contributed by atoms with Crippen LogP contribution in [-0.4, -0.2) is 15.2 Å². The minimum atomic E-state index is -0.375. The van der Waals surface area contributed by atoms with E-state index < -0.39 is 0 Å². The van der Waals surface area contributed by atoms with Gasteiger partial charge < -0.3 is 0 Å². The number of thiol groups is 1. The predicted octanol–water partition coefficient (Wildman–Crippen LogP) is 2.57. The van der Waals surface area contributed by atoms with Crippen LogP contribution in [0.3, 0.4) is 0 Å². The van der Waals surface area contributed by atoms with Crippen molar-refractivity contribution in [2.75, 3.05) is 0 Å². The number of hydrogen-bond acceptors (Lipinski definition) is 3. The Morgan fingerprint density at radius 3 is 2.50 bits per heavy atom. The Morgan fingerprint density at radius 1 is 1.21 bits per heavy atom. The molecule has 0 spiro atoms. The monoisotopic (exact) mass is 212 g/mol. The van der Waals surface area contributed by atoms with Crippen LogP contribution in [0.4, 0.5) is 4.39 Å². The van der Waals surface area contributed by atoms with E-state index in [0.29, 0.717) is 11.2 Å². The molecule has 2 nitrogen and oxygen atoms in total. The summed E-state index contributed by atoms with van der Waals surface area (Å²) in [6.45, 7) is 0. The zero-order valence-corrected chi connectivity index (χ0v) is 8.75. The molecule has 0 bridgehead atoms. The Hall–Kier alpha value is -0.640. The maximum Gasteiger partial charge on any atom is 0.159 e. The van der Waals surface area contributed by atoms with E-state index in [4.69, 9.17) is 0 Å². The minimum absolute atomic E-state index is 0.299. The van der Waals surface area contributed by atoms with Gasteiger partial charge in [-0.05, 0) is 12.8 Å². The lowest BCUT2D eigenvalue weighted by Crippen LogP contribution is -2.20. The molecule has 1 aliphatic carbocycles. The highest BCUT2D eigenvalue weighted by Gasteiger charge is 2.25. The third-order valence-electron chi connectivity index (χ3n) is 2.70. The molecule has 2 rings (SSSR count). The van der Waals surface area contributed by atoms with Gasteiger partial charge in [-0.3, -0.25) is 0 Å². The Labute approximate surface area is 88.4 Å². The predicted molar refractivity (Wildman–Crippen MR) is 56.0 cm³/mol. The molecule has 2 atom stereocenters. The van der Waals surface area contributed by atoms with Crippen molar-refractivity contribution in [3.8, 4) is 0 Å². The molecule has 1 heterocycles. The Morgan fingerprint density at radius 2 is 1.86 bits per heavy atom. The van der Waals surface area contributed by atoms with Crippen LogP contribution in [-0.2, 0) is 0 Å². The van der Waals surface area contributed by atoms with Crippen molar-refractivity contribution >= 4 is 12.6 Å². The van der Waals surface area contributed by atoms with Gasteiger partial charge in [-0.15, -0.1) is 0 Å². The van der Waals surface area contributed by atoms with Gasteiger partial charge in [0.1, 0.15) is 5.82 Å². The molecule has 0 radical (unpaired) electrons. The second-order valence-corrected chi connectivity index (χ2v) is 4.38. The van der Waals surface area contributed by atoms with Gasteiger partial charge in [-0.1, -0.05) is 12.8 Å². The summed E-state index contributed by atoms with van der Waals surface area (Å²) in [7, 11) is 0. The van der Waals surface area contributed by atoms with Crippen LogP contribution in [0, 0.1) is 5.82 Å². The Balaban J connectivity index is 2.16. The molecule has 0 aromatic carbocycles. The van der Waals surface area contributed by atoms with Crippen molar-refractivity contribution in [3.63, 3.8) is 0 Å². The second kappa shape index (κ2) is 4.26. The summed E-state index contributed by atoms with van der Waals surface area (Å²) in [4.78, 5) is 8.03. The van der Waals surface area contributed by atoms with E-state index in [0.717, 1.165) is 18.7 Å². The second-order valence-electron chi connectivity index (χ2n) is 3.72. The molecule has 1 aromatic rings. The average Bonchev–Trinajstić information content (AvgIpc) is 2.20. The molecule has 4 heteroatoms. The Kier molecular flexibility index (Phi) is 3.01. The molecule has 1 aliphatic rings. The van der Waals surface area contributed by atoms with Crippen molar-refractivity contribution in [3.05, 3.63) is 24.0 Å². The highest BCUT2D eigenvalue weighted by Crippen LogP contribution is 2.34. The zero-order chi connectivity index (χ0) is 9.97. The highest BCUT2D eigenvalue weighted by molar-refractivity contribution is 7.81. The zero-order valence-electron chi connectivity index (χ0n) is 7.86. The molecule has 0 unspecified atom stereocenters. The van der Waals surface area contributed by atoms with Crippen LogP contribution in [0.25, 0.3) is 0 Å². The first-order chi connectivity index (χ1) is 6.77. The largest absolute Gasteiger partial charge is 0.238 e. The van der Waals surface area contributed by atoms with Gasteiger partial charge in [0.15, 0.2) is 5.82 Å². The summed E-state index contributed by atoms with van der Waals surface area (Å²) in [5.74, 6) is 0.666. The summed E-state index contributed by atoms with van der Waals surface area (Å²) in [6, 6.07) is 0. The topological polar surface area (TPSA) is 25.8 Å². The van der Waals surface area contributed by atoms with Crippen molar-refractivity contribution in [2.45, 2.75) is 36.9 Å². The molecule has 1 saturated carbocycles. The molecule has 0 saturated heterocycles. The maximum atomic E-state index is 12.6. The van der Waals surface area contributed by atoms with E-state index in [1.54, 1.807) is 0 Å². The standard InChI is InChI=1S/C10H13FN2S/c11-7-5-12-10(13-6-7)8-3-1-2-4-9(8)14/h5-6,8-9,14H,1-4H2/t8-,9-/m1/s1. The van der Waals surface area contributed by atoms with E-state index in [-0.39, 0.29) is 5.82 Å². The molecule has 14 heavy (non-hydrogen) atoms. The lowest BCUT2D eigenvalue weighted by molar-refractivity contribution is 0.440. The summed E-state index contributed by atoms with van der Waals surface area (Å²) in [6.07, 6.45) is 7.07. The van der Waals surface area contributed by atoms with E-state index in [1.807, 2.05) is 0 Å². The first-order valence-electron chi connectivity index (χ1n) is 4.93. The smallest absolute Gasteiger partial charge is 0.159 e. The molecule has 1 fully saturated rings. The van der Waals surface area contributed by atoms with Gasteiger partial charge in [0.25, 0.3) is 0 Å². The van der Waals surface area contributed by atoms with E-state index in [9.17, 15) is 4.39 Å². The van der Waals surface area contributed by atoms with Gasteiger partial charge >= 0.3 is 0 Å². The number of aromatic nitrogens is 2. The lowest BCUT2D eigenvalue weighted by Gasteiger charge is -2.26. The van der Waals surface area contributed by atoms with Gasteiger partial charge in [0, 0.05) is 11.2 Å². The van der Waals surface area contributed by atoms with Gasteiger partial charge in [0.2, 0.25) is 0 Å². The van der Waals surface area contributed by atoms with Gasteiger partial charge in [0.05, 0.1) is 12.4 Å². The molecular weight excluding hydrogens is 199 g/mol. The maximum absolute atomic E-state index is 12.6. The third-order valence-corrected chi connectivity index (χ3v) is 3.32. The normalized spacial score (nSPS) is 27.6. The molecule has 0 aliphatic heterocycles. The van der Waals surface area contributed by atoms with Crippen molar-refractivity contribution in [1.29, 1.82) is 0 Å². The molecule has 0 amide bonds. The molecule has 1 aromatic heterocycles. The van der Waals surface area contributed by atoms with Crippen LogP contribution in [0.2, 0.25) is 0 Å². The van der Waals surface area contributed by atoms with Gasteiger partial charge in [-0.25, -0.2) is 14.4 Å². The molecule has 0 N–H and O–H groups in total. The van der Waals surface area contributed by atoms with Gasteiger partial charge in [-0.2, -0.15) is 12.6 Å². The fourth-order valence-electron chi connectivity index (χ4n) is 1.93. The lowest BCUT2D eigenvalue weighted by atomic mass is 9.88. The fourth-order valence-corrected chi connectivity index (χ4v) is 2.39. The third kappa shape index (κ3) is 2.05. The first kappa shape index (κ1) is 9.90. The number of nitrogens with zero attached hydrogens (tertiary/aromatic N) is 2. The van der Waals surface area contributed by atoms with Crippen LogP contribution < -0.4 is 0 Å². The van der Waals surface area contributed by atoms with E-state index in [1.165, 1.54) is 25.2 Å². The van der Waals surface area contributed by atoms with Crippen molar-refractivity contribution in [2.24, 2.45) is 0 Å². The van der Waals surface area contributed by atoms with Crippen LogP contribution in [0.1, 0.15) is 37.4 Å². The van der Waals surface area contributed by atoms with Crippen LogP contribution in [0.5, 0.6) is 0 Å². The number of rotatable bonds is 1.